The zero-order valence-corrected chi connectivity index (χ0v) is 15.2. The van der Waals surface area contributed by atoms with E-state index in [1.807, 2.05) is 81.0 Å². The van der Waals surface area contributed by atoms with Gasteiger partial charge in [0.15, 0.2) is 0 Å². The van der Waals surface area contributed by atoms with Crippen LogP contribution in [0.5, 0.6) is 0 Å². The van der Waals surface area contributed by atoms with E-state index < -0.39 is 0 Å². The molecule has 3 rings (SSSR count). The SMILES string of the molecule is CN(C)CC(NC(=O)Cc1ccc(-n2cccn2)cc1)c1ccccc1. The molecule has 0 spiro atoms. The average Bonchev–Trinajstić information content (AvgIpc) is 3.17. The van der Waals surface area contributed by atoms with Crippen molar-refractivity contribution in [2.75, 3.05) is 20.6 Å². The lowest BCUT2D eigenvalue weighted by molar-refractivity contribution is -0.121. The summed E-state index contributed by atoms with van der Waals surface area (Å²) in [5.41, 5.74) is 3.08. The zero-order chi connectivity index (χ0) is 18.4. The predicted molar refractivity (Wildman–Crippen MR) is 103 cm³/mol. The van der Waals surface area contributed by atoms with Crippen molar-refractivity contribution in [1.29, 1.82) is 0 Å². The molecule has 3 aromatic rings. The summed E-state index contributed by atoms with van der Waals surface area (Å²) in [4.78, 5) is 14.6. The van der Waals surface area contributed by atoms with Gasteiger partial charge in [-0.25, -0.2) is 4.68 Å². The highest BCUT2D eigenvalue weighted by Crippen LogP contribution is 2.14. The van der Waals surface area contributed by atoms with Crippen molar-refractivity contribution in [3.63, 3.8) is 0 Å². The molecule has 0 aliphatic heterocycles. The summed E-state index contributed by atoms with van der Waals surface area (Å²) in [5.74, 6) is 0.0209. The van der Waals surface area contributed by atoms with E-state index in [0.717, 1.165) is 23.4 Å². The highest BCUT2D eigenvalue weighted by Gasteiger charge is 2.15. The Morgan fingerprint density at radius 3 is 2.42 bits per heavy atom. The number of carbonyl (C=O) groups excluding carboxylic acids is 1. The van der Waals surface area contributed by atoms with Gasteiger partial charge < -0.3 is 10.2 Å². The molecule has 0 fully saturated rings. The average molecular weight is 348 g/mol. The van der Waals surface area contributed by atoms with Crippen molar-refractivity contribution >= 4 is 5.91 Å². The maximum Gasteiger partial charge on any atom is 0.224 e. The Bertz CT molecular complexity index is 811. The number of carbonyl (C=O) groups is 1. The van der Waals surface area contributed by atoms with Gasteiger partial charge in [0.05, 0.1) is 18.2 Å². The molecule has 0 bridgehead atoms. The number of amides is 1. The van der Waals surface area contributed by atoms with Gasteiger partial charge in [-0.3, -0.25) is 4.79 Å². The van der Waals surface area contributed by atoms with E-state index in [-0.39, 0.29) is 11.9 Å². The first kappa shape index (κ1) is 17.9. The minimum atomic E-state index is -0.0259. The summed E-state index contributed by atoms with van der Waals surface area (Å²) in [6, 6.07) is 19.8. The molecule has 1 aromatic heterocycles. The van der Waals surface area contributed by atoms with Gasteiger partial charge in [0, 0.05) is 18.9 Å². The molecule has 0 radical (unpaired) electrons. The topological polar surface area (TPSA) is 50.2 Å². The molecular weight excluding hydrogens is 324 g/mol. The van der Waals surface area contributed by atoms with Crippen LogP contribution in [0.1, 0.15) is 17.2 Å². The van der Waals surface area contributed by atoms with E-state index in [2.05, 4.69) is 15.3 Å². The second-order valence-electron chi connectivity index (χ2n) is 6.59. The van der Waals surface area contributed by atoms with E-state index in [1.54, 1.807) is 10.9 Å². The molecule has 0 saturated carbocycles. The predicted octanol–water partition coefficient (Wildman–Crippen LogP) is 2.83. The maximum atomic E-state index is 12.5. The molecule has 1 N–H and O–H groups in total. The van der Waals surface area contributed by atoms with Gasteiger partial charge in [0.1, 0.15) is 0 Å². The number of aromatic nitrogens is 2. The molecule has 5 nitrogen and oxygen atoms in total. The van der Waals surface area contributed by atoms with Crippen LogP contribution in [0, 0.1) is 0 Å². The summed E-state index contributed by atoms with van der Waals surface area (Å²) in [6.07, 6.45) is 4.00. The first-order chi connectivity index (χ1) is 12.6. The van der Waals surface area contributed by atoms with Crippen molar-refractivity contribution in [2.24, 2.45) is 0 Å². The number of hydrogen-bond donors (Lipinski definition) is 1. The van der Waals surface area contributed by atoms with Gasteiger partial charge >= 0.3 is 0 Å². The molecule has 1 atom stereocenters. The Morgan fingerprint density at radius 1 is 1.08 bits per heavy atom. The molecule has 2 aromatic carbocycles. The van der Waals surface area contributed by atoms with Crippen molar-refractivity contribution in [1.82, 2.24) is 20.0 Å². The highest BCUT2D eigenvalue weighted by molar-refractivity contribution is 5.79. The van der Waals surface area contributed by atoms with Crippen LogP contribution in [0.4, 0.5) is 0 Å². The molecular formula is C21H24N4O. The van der Waals surface area contributed by atoms with Crippen LogP contribution in [0.15, 0.2) is 73.1 Å². The van der Waals surface area contributed by atoms with Gasteiger partial charge in [-0.1, -0.05) is 42.5 Å². The first-order valence-electron chi connectivity index (χ1n) is 8.70. The lowest BCUT2D eigenvalue weighted by Crippen LogP contribution is -2.36. The summed E-state index contributed by atoms with van der Waals surface area (Å²) >= 11 is 0. The van der Waals surface area contributed by atoms with Crippen molar-refractivity contribution < 1.29 is 4.79 Å². The zero-order valence-electron chi connectivity index (χ0n) is 15.2. The number of likely N-dealkylation sites (N-methyl/N-ethyl adjacent to an activating group) is 1. The third-order valence-corrected chi connectivity index (χ3v) is 4.15. The largest absolute Gasteiger partial charge is 0.348 e. The molecule has 1 amide bonds. The summed E-state index contributed by atoms with van der Waals surface area (Å²) in [6.45, 7) is 0.758. The standard InChI is InChI=1S/C21H24N4O/c1-24(2)16-20(18-7-4-3-5-8-18)23-21(26)15-17-9-11-19(12-10-17)25-14-6-13-22-25/h3-14,20H,15-16H2,1-2H3,(H,23,26). The van der Waals surface area contributed by atoms with Crippen LogP contribution in [0.3, 0.4) is 0 Å². The Labute approximate surface area is 154 Å². The number of rotatable bonds is 7. The van der Waals surface area contributed by atoms with Crippen LogP contribution in [-0.4, -0.2) is 41.2 Å². The van der Waals surface area contributed by atoms with E-state index in [1.165, 1.54) is 0 Å². The van der Waals surface area contributed by atoms with E-state index in [0.29, 0.717) is 6.42 Å². The second kappa shape index (κ2) is 8.45. The van der Waals surface area contributed by atoms with Gasteiger partial charge in [0.2, 0.25) is 5.91 Å². The van der Waals surface area contributed by atoms with E-state index >= 15 is 0 Å². The second-order valence-corrected chi connectivity index (χ2v) is 6.59. The lowest BCUT2D eigenvalue weighted by atomic mass is 10.1. The molecule has 0 aliphatic carbocycles. The van der Waals surface area contributed by atoms with Crippen LogP contribution in [0.2, 0.25) is 0 Å². The Kier molecular flexibility index (Phi) is 5.81. The van der Waals surface area contributed by atoms with Crippen molar-refractivity contribution in [3.8, 4) is 5.69 Å². The Hall–Kier alpha value is -2.92. The van der Waals surface area contributed by atoms with Crippen LogP contribution < -0.4 is 5.32 Å². The van der Waals surface area contributed by atoms with Gasteiger partial charge in [-0.15, -0.1) is 0 Å². The van der Waals surface area contributed by atoms with Gasteiger partial charge in [-0.05, 0) is 43.4 Å². The third kappa shape index (κ3) is 4.80. The third-order valence-electron chi connectivity index (χ3n) is 4.15. The molecule has 1 heterocycles. The van der Waals surface area contributed by atoms with E-state index in [9.17, 15) is 4.79 Å². The van der Waals surface area contributed by atoms with Crippen molar-refractivity contribution in [3.05, 3.63) is 84.2 Å². The number of nitrogens with one attached hydrogen (secondary N) is 1. The normalized spacial score (nSPS) is 12.1. The van der Waals surface area contributed by atoms with Crippen molar-refractivity contribution in [2.45, 2.75) is 12.5 Å². The van der Waals surface area contributed by atoms with E-state index in [4.69, 9.17) is 0 Å². The molecule has 134 valence electrons. The first-order valence-corrected chi connectivity index (χ1v) is 8.70. The fourth-order valence-corrected chi connectivity index (χ4v) is 2.90. The number of hydrogen-bond acceptors (Lipinski definition) is 3. The fraction of sp³-hybridized carbons (Fsp3) is 0.238. The molecule has 1 unspecified atom stereocenters. The molecule has 0 aliphatic rings. The summed E-state index contributed by atoms with van der Waals surface area (Å²) in [5, 5.41) is 7.37. The van der Waals surface area contributed by atoms with Crippen LogP contribution >= 0.6 is 0 Å². The molecule has 5 heteroatoms. The van der Waals surface area contributed by atoms with Gasteiger partial charge in [-0.2, -0.15) is 5.10 Å². The summed E-state index contributed by atoms with van der Waals surface area (Å²) in [7, 11) is 4.02. The Balaban J connectivity index is 1.64. The Morgan fingerprint density at radius 2 is 1.81 bits per heavy atom. The minimum Gasteiger partial charge on any atom is -0.348 e. The quantitative estimate of drug-likeness (QED) is 0.714. The minimum absolute atomic E-state index is 0.0209. The fourth-order valence-electron chi connectivity index (χ4n) is 2.90. The molecule has 0 saturated heterocycles. The van der Waals surface area contributed by atoms with Gasteiger partial charge in [0.25, 0.3) is 0 Å². The van der Waals surface area contributed by atoms with Crippen LogP contribution in [0.25, 0.3) is 5.69 Å². The maximum absolute atomic E-state index is 12.5. The summed E-state index contributed by atoms with van der Waals surface area (Å²) < 4.78 is 1.80. The monoisotopic (exact) mass is 348 g/mol. The van der Waals surface area contributed by atoms with Crippen LogP contribution in [-0.2, 0) is 11.2 Å². The molecule has 26 heavy (non-hydrogen) atoms. The smallest absolute Gasteiger partial charge is 0.224 e. The number of benzene rings is 2. The lowest BCUT2D eigenvalue weighted by Gasteiger charge is -2.23. The highest BCUT2D eigenvalue weighted by atomic mass is 16.1. The number of nitrogens with zero attached hydrogens (tertiary/aromatic N) is 3.